The summed E-state index contributed by atoms with van der Waals surface area (Å²) < 4.78 is 0. The molecule has 1 aromatic heterocycles. The lowest BCUT2D eigenvalue weighted by Gasteiger charge is -2.07. The molecule has 0 unspecified atom stereocenters. The quantitative estimate of drug-likeness (QED) is 0.743. The van der Waals surface area contributed by atoms with Gasteiger partial charge < -0.3 is 5.73 Å². The van der Waals surface area contributed by atoms with E-state index in [0.717, 1.165) is 34.3 Å². The molecule has 0 amide bonds. The van der Waals surface area contributed by atoms with Gasteiger partial charge in [-0.1, -0.05) is 49.4 Å². The van der Waals surface area contributed by atoms with Gasteiger partial charge in [-0.05, 0) is 24.1 Å². The number of fused-ring (bicyclic) bond motifs is 1. The van der Waals surface area contributed by atoms with Crippen LogP contribution in [0.2, 0.25) is 0 Å². The summed E-state index contributed by atoms with van der Waals surface area (Å²) in [5.41, 5.74) is 11.2. The zero-order valence-corrected chi connectivity index (χ0v) is 10.9. The van der Waals surface area contributed by atoms with Gasteiger partial charge in [-0.2, -0.15) is 0 Å². The number of pyridine rings is 1. The monoisotopic (exact) mass is 248 g/mol. The van der Waals surface area contributed by atoms with E-state index in [2.05, 4.69) is 36.2 Å². The molecule has 94 valence electrons. The van der Waals surface area contributed by atoms with E-state index in [1.165, 1.54) is 5.56 Å². The van der Waals surface area contributed by atoms with E-state index in [4.69, 9.17) is 5.73 Å². The molecule has 0 aliphatic rings. The standard InChI is InChI=1S/C17H16N2/c1-2-12-7-9-13(10-8-12)17-11-15(18)14-5-3-4-6-16(14)19-17/h3-11H,2H2,1H3,(H2,18,19). The summed E-state index contributed by atoms with van der Waals surface area (Å²) in [6.45, 7) is 2.15. The Morgan fingerprint density at radius 1 is 1.00 bits per heavy atom. The van der Waals surface area contributed by atoms with Crippen molar-refractivity contribution in [2.45, 2.75) is 13.3 Å². The van der Waals surface area contributed by atoms with Crippen LogP contribution in [0, 0.1) is 0 Å². The summed E-state index contributed by atoms with van der Waals surface area (Å²) in [6, 6.07) is 18.4. The van der Waals surface area contributed by atoms with Crippen LogP contribution in [0.4, 0.5) is 5.69 Å². The fourth-order valence-corrected chi connectivity index (χ4v) is 2.26. The molecular formula is C17H16N2. The highest BCUT2D eigenvalue weighted by Crippen LogP contribution is 2.26. The van der Waals surface area contributed by atoms with Gasteiger partial charge in [0, 0.05) is 16.6 Å². The number of hydrogen-bond donors (Lipinski definition) is 1. The van der Waals surface area contributed by atoms with Crippen LogP contribution in [0.3, 0.4) is 0 Å². The molecule has 2 N–H and O–H groups in total. The number of benzene rings is 2. The van der Waals surface area contributed by atoms with Crippen molar-refractivity contribution in [2.24, 2.45) is 0 Å². The van der Waals surface area contributed by atoms with E-state index < -0.39 is 0 Å². The third kappa shape index (κ3) is 2.17. The Balaban J connectivity index is 2.14. The highest BCUT2D eigenvalue weighted by molar-refractivity contribution is 5.92. The first-order valence-corrected chi connectivity index (χ1v) is 6.52. The van der Waals surface area contributed by atoms with E-state index in [0.29, 0.717) is 0 Å². The van der Waals surface area contributed by atoms with Crippen LogP contribution >= 0.6 is 0 Å². The summed E-state index contributed by atoms with van der Waals surface area (Å²) in [6.07, 6.45) is 1.05. The number of para-hydroxylation sites is 1. The molecule has 0 atom stereocenters. The van der Waals surface area contributed by atoms with Gasteiger partial charge in [0.1, 0.15) is 0 Å². The Bertz CT molecular complexity index is 715. The molecule has 0 bridgehead atoms. The van der Waals surface area contributed by atoms with E-state index >= 15 is 0 Å². The lowest BCUT2D eigenvalue weighted by Crippen LogP contribution is -1.92. The van der Waals surface area contributed by atoms with Gasteiger partial charge in [-0.15, -0.1) is 0 Å². The number of nitrogens with zero attached hydrogens (tertiary/aromatic N) is 1. The number of rotatable bonds is 2. The molecule has 3 rings (SSSR count). The van der Waals surface area contributed by atoms with E-state index in [1.54, 1.807) is 0 Å². The highest BCUT2D eigenvalue weighted by atomic mass is 14.7. The van der Waals surface area contributed by atoms with Crippen molar-refractivity contribution in [1.29, 1.82) is 0 Å². The van der Waals surface area contributed by atoms with Crippen molar-refractivity contribution in [3.05, 3.63) is 60.2 Å². The third-order valence-corrected chi connectivity index (χ3v) is 3.41. The van der Waals surface area contributed by atoms with Crippen LogP contribution in [-0.4, -0.2) is 4.98 Å². The first-order chi connectivity index (χ1) is 9.28. The molecule has 1 heterocycles. The highest BCUT2D eigenvalue weighted by Gasteiger charge is 2.05. The van der Waals surface area contributed by atoms with E-state index in [-0.39, 0.29) is 0 Å². The maximum absolute atomic E-state index is 6.11. The number of nitrogens with two attached hydrogens (primary N) is 1. The number of aromatic nitrogens is 1. The molecule has 0 aliphatic carbocycles. The minimum absolute atomic E-state index is 0.778. The topological polar surface area (TPSA) is 38.9 Å². The van der Waals surface area contributed by atoms with Crippen molar-refractivity contribution in [3.63, 3.8) is 0 Å². The number of aryl methyl sites for hydroxylation is 1. The molecule has 0 spiro atoms. The van der Waals surface area contributed by atoms with E-state index in [1.807, 2.05) is 30.3 Å². The Hall–Kier alpha value is -2.35. The molecule has 0 saturated heterocycles. The molecule has 0 saturated carbocycles. The minimum Gasteiger partial charge on any atom is -0.398 e. The molecule has 19 heavy (non-hydrogen) atoms. The summed E-state index contributed by atoms with van der Waals surface area (Å²) in [4.78, 5) is 4.68. The SMILES string of the molecule is CCc1ccc(-c2cc(N)c3ccccc3n2)cc1. The van der Waals surface area contributed by atoms with Crippen molar-refractivity contribution >= 4 is 16.6 Å². The van der Waals surface area contributed by atoms with Crippen molar-refractivity contribution in [3.8, 4) is 11.3 Å². The van der Waals surface area contributed by atoms with Crippen molar-refractivity contribution in [2.75, 3.05) is 5.73 Å². The first-order valence-electron chi connectivity index (χ1n) is 6.52. The first kappa shape index (κ1) is 11.7. The smallest absolute Gasteiger partial charge is 0.0730 e. The van der Waals surface area contributed by atoms with Gasteiger partial charge in [-0.25, -0.2) is 4.98 Å². The largest absolute Gasteiger partial charge is 0.398 e. The second-order valence-corrected chi connectivity index (χ2v) is 4.66. The molecule has 0 radical (unpaired) electrons. The third-order valence-electron chi connectivity index (χ3n) is 3.41. The van der Waals surface area contributed by atoms with Crippen LogP contribution in [0.25, 0.3) is 22.2 Å². The molecule has 0 aliphatic heterocycles. The Morgan fingerprint density at radius 2 is 1.74 bits per heavy atom. The number of hydrogen-bond acceptors (Lipinski definition) is 2. The molecular weight excluding hydrogens is 232 g/mol. The summed E-state index contributed by atoms with van der Waals surface area (Å²) in [5.74, 6) is 0. The maximum atomic E-state index is 6.11. The second kappa shape index (κ2) is 4.73. The fraction of sp³-hybridized carbons (Fsp3) is 0.118. The van der Waals surface area contributed by atoms with Crippen LogP contribution < -0.4 is 5.73 Å². The van der Waals surface area contributed by atoms with Gasteiger partial charge in [0.15, 0.2) is 0 Å². The summed E-state index contributed by atoms with van der Waals surface area (Å²) in [5, 5.41) is 1.01. The minimum atomic E-state index is 0.778. The predicted molar refractivity (Wildman–Crippen MR) is 81.0 cm³/mol. The summed E-state index contributed by atoms with van der Waals surface area (Å²) >= 11 is 0. The predicted octanol–water partition coefficient (Wildman–Crippen LogP) is 4.05. The number of anilines is 1. The van der Waals surface area contributed by atoms with Crippen LogP contribution in [0.1, 0.15) is 12.5 Å². The fourth-order valence-electron chi connectivity index (χ4n) is 2.26. The molecule has 2 nitrogen and oxygen atoms in total. The van der Waals surface area contributed by atoms with Crippen LogP contribution in [0.5, 0.6) is 0 Å². The normalized spacial score (nSPS) is 10.8. The van der Waals surface area contributed by atoms with Gasteiger partial charge in [0.2, 0.25) is 0 Å². The maximum Gasteiger partial charge on any atom is 0.0730 e. The molecule has 3 aromatic rings. The van der Waals surface area contributed by atoms with Gasteiger partial charge in [0.25, 0.3) is 0 Å². The van der Waals surface area contributed by atoms with E-state index in [9.17, 15) is 0 Å². The zero-order chi connectivity index (χ0) is 13.2. The van der Waals surface area contributed by atoms with Crippen molar-refractivity contribution in [1.82, 2.24) is 4.98 Å². The van der Waals surface area contributed by atoms with Gasteiger partial charge in [-0.3, -0.25) is 0 Å². The lowest BCUT2D eigenvalue weighted by atomic mass is 10.1. The van der Waals surface area contributed by atoms with Crippen LogP contribution in [-0.2, 0) is 6.42 Å². The van der Waals surface area contributed by atoms with Gasteiger partial charge >= 0.3 is 0 Å². The Morgan fingerprint density at radius 3 is 2.47 bits per heavy atom. The second-order valence-electron chi connectivity index (χ2n) is 4.66. The Kier molecular flexibility index (Phi) is 2.92. The average Bonchev–Trinajstić information content (AvgIpc) is 2.47. The molecule has 0 fully saturated rings. The van der Waals surface area contributed by atoms with Crippen molar-refractivity contribution < 1.29 is 0 Å². The van der Waals surface area contributed by atoms with Gasteiger partial charge in [0.05, 0.1) is 11.2 Å². The number of nitrogen functional groups attached to an aromatic ring is 1. The zero-order valence-electron chi connectivity index (χ0n) is 10.9. The molecule has 2 aromatic carbocycles. The summed E-state index contributed by atoms with van der Waals surface area (Å²) in [7, 11) is 0. The lowest BCUT2D eigenvalue weighted by molar-refractivity contribution is 1.14. The molecule has 2 heteroatoms. The van der Waals surface area contributed by atoms with Crippen LogP contribution in [0.15, 0.2) is 54.6 Å². The average molecular weight is 248 g/mol. The Labute approximate surface area is 112 Å².